The summed E-state index contributed by atoms with van der Waals surface area (Å²) in [6.07, 6.45) is 7.75. The number of benzene rings is 3. The number of ether oxygens (including phenoxy) is 1. The van der Waals surface area contributed by atoms with Gasteiger partial charge in [0, 0.05) is 11.6 Å². The largest absolute Gasteiger partial charge is 0.506 e. The molecule has 7 rings (SSSR count). The van der Waals surface area contributed by atoms with Gasteiger partial charge < -0.3 is 15.6 Å². The zero-order valence-electron chi connectivity index (χ0n) is 17.8. The fourth-order valence-electron chi connectivity index (χ4n) is 7.09. The molecule has 31 heavy (non-hydrogen) atoms. The Morgan fingerprint density at radius 1 is 0.806 bits per heavy atom. The van der Waals surface area contributed by atoms with Crippen molar-refractivity contribution >= 4 is 5.69 Å². The maximum Gasteiger partial charge on any atom is 0.142 e. The van der Waals surface area contributed by atoms with Crippen LogP contribution in [0.5, 0.6) is 17.2 Å². The van der Waals surface area contributed by atoms with E-state index in [2.05, 4.69) is 24.3 Å². The third-order valence-corrected chi connectivity index (χ3v) is 7.94. The second-order valence-corrected chi connectivity index (χ2v) is 10.1. The molecule has 0 atom stereocenters. The van der Waals surface area contributed by atoms with Gasteiger partial charge in [-0.15, -0.1) is 0 Å². The fraction of sp³-hybridized carbons (Fsp3) is 0.357. The topological polar surface area (TPSA) is 55.5 Å². The molecule has 0 aliphatic heterocycles. The first-order valence-corrected chi connectivity index (χ1v) is 11.5. The summed E-state index contributed by atoms with van der Waals surface area (Å²) < 4.78 is 6.39. The molecule has 3 heteroatoms. The predicted octanol–water partition coefficient (Wildman–Crippen LogP) is 6.90. The fourth-order valence-corrected chi connectivity index (χ4v) is 7.09. The maximum absolute atomic E-state index is 10.7. The summed E-state index contributed by atoms with van der Waals surface area (Å²) in [5.41, 5.74) is 10.4. The Balaban J connectivity index is 1.39. The Morgan fingerprint density at radius 3 is 2.10 bits per heavy atom. The van der Waals surface area contributed by atoms with Crippen molar-refractivity contribution in [1.82, 2.24) is 0 Å². The van der Waals surface area contributed by atoms with Gasteiger partial charge in [0.25, 0.3) is 0 Å². The van der Waals surface area contributed by atoms with E-state index in [9.17, 15) is 5.11 Å². The smallest absolute Gasteiger partial charge is 0.142 e. The van der Waals surface area contributed by atoms with Crippen LogP contribution in [0.1, 0.15) is 44.1 Å². The van der Waals surface area contributed by atoms with Gasteiger partial charge in [-0.05, 0) is 85.0 Å². The summed E-state index contributed by atoms with van der Waals surface area (Å²) in [6.45, 7) is 0. The standard InChI is InChI=1S/C28H29NO2/c29-27-24(28-15-18-10-19(16-28)12-20(11-18)17-28)13-22(14-25(27)30)31-26-9-5-4-8-23(26)21-6-2-1-3-7-21/h1-9,13-14,18-20,30H,10-12,15-17,29H2. The van der Waals surface area contributed by atoms with E-state index in [-0.39, 0.29) is 11.2 Å². The Morgan fingerprint density at radius 2 is 1.42 bits per heavy atom. The van der Waals surface area contributed by atoms with Crippen LogP contribution in [0.15, 0.2) is 66.7 Å². The molecule has 0 heterocycles. The molecule has 3 aromatic carbocycles. The number of phenolic OH excluding ortho intramolecular Hbond substituents is 1. The lowest BCUT2D eigenvalue weighted by Crippen LogP contribution is -2.48. The molecule has 3 aromatic rings. The van der Waals surface area contributed by atoms with Gasteiger partial charge in [-0.3, -0.25) is 0 Å². The number of nitrogens with two attached hydrogens (primary N) is 1. The maximum atomic E-state index is 10.7. The Kier molecular flexibility index (Phi) is 4.27. The highest BCUT2D eigenvalue weighted by atomic mass is 16.5. The van der Waals surface area contributed by atoms with Crippen LogP contribution in [0.2, 0.25) is 0 Å². The molecule has 0 aromatic heterocycles. The van der Waals surface area contributed by atoms with Crippen molar-refractivity contribution < 1.29 is 9.84 Å². The average Bonchev–Trinajstić information content (AvgIpc) is 2.76. The Bertz CT molecular complexity index is 1090. The first-order chi connectivity index (χ1) is 15.1. The predicted molar refractivity (Wildman–Crippen MR) is 124 cm³/mol. The lowest BCUT2D eigenvalue weighted by Gasteiger charge is -2.57. The van der Waals surface area contributed by atoms with Gasteiger partial charge in [-0.25, -0.2) is 0 Å². The number of para-hydroxylation sites is 1. The normalized spacial score (nSPS) is 28.6. The van der Waals surface area contributed by atoms with Gasteiger partial charge in [0.05, 0.1) is 5.69 Å². The molecule has 3 N–H and O–H groups in total. The summed E-state index contributed by atoms with van der Waals surface area (Å²) in [4.78, 5) is 0. The second kappa shape index (κ2) is 7.05. The van der Waals surface area contributed by atoms with E-state index in [4.69, 9.17) is 10.5 Å². The van der Waals surface area contributed by atoms with Crippen LogP contribution in [0.4, 0.5) is 5.69 Å². The number of nitrogen functional groups attached to an aromatic ring is 1. The molecular weight excluding hydrogens is 382 g/mol. The van der Waals surface area contributed by atoms with Crippen molar-refractivity contribution in [3.8, 4) is 28.4 Å². The van der Waals surface area contributed by atoms with E-state index < -0.39 is 0 Å². The van der Waals surface area contributed by atoms with Crippen LogP contribution >= 0.6 is 0 Å². The molecule has 0 saturated heterocycles. The van der Waals surface area contributed by atoms with E-state index in [1.54, 1.807) is 6.07 Å². The first-order valence-electron chi connectivity index (χ1n) is 11.5. The lowest BCUT2D eigenvalue weighted by molar-refractivity contribution is -0.00497. The zero-order chi connectivity index (χ0) is 21.0. The van der Waals surface area contributed by atoms with Crippen molar-refractivity contribution in [3.05, 3.63) is 72.3 Å². The summed E-state index contributed by atoms with van der Waals surface area (Å²) >= 11 is 0. The van der Waals surface area contributed by atoms with Gasteiger partial charge >= 0.3 is 0 Å². The highest BCUT2D eigenvalue weighted by Crippen LogP contribution is 2.62. The molecular formula is C28H29NO2. The number of hydrogen-bond acceptors (Lipinski definition) is 3. The number of phenols is 1. The number of rotatable bonds is 4. The van der Waals surface area contributed by atoms with Crippen molar-refractivity contribution in [2.45, 2.75) is 43.9 Å². The lowest BCUT2D eigenvalue weighted by atomic mass is 9.48. The molecule has 4 bridgehead atoms. The van der Waals surface area contributed by atoms with Gasteiger partial charge in [-0.2, -0.15) is 0 Å². The number of hydrogen-bond donors (Lipinski definition) is 2. The van der Waals surface area contributed by atoms with Crippen molar-refractivity contribution in [2.75, 3.05) is 5.73 Å². The van der Waals surface area contributed by atoms with Gasteiger partial charge in [-0.1, -0.05) is 48.5 Å². The molecule has 3 nitrogen and oxygen atoms in total. The van der Waals surface area contributed by atoms with E-state index in [1.165, 1.54) is 38.5 Å². The minimum absolute atomic E-state index is 0.106. The van der Waals surface area contributed by atoms with Gasteiger partial charge in [0.2, 0.25) is 0 Å². The average molecular weight is 412 g/mol. The SMILES string of the molecule is Nc1c(O)cc(Oc2ccccc2-c2ccccc2)cc1C12CC3CC(CC(C3)C1)C2. The Labute approximate surface area is 183 Å². The summed E-state index contributed by atoms with van der Waals surface area (Å²) in [7, 11) is 0. The van der Waals surface area contributed by atoms with Crippen molar-refractivity contribution in [3.63, 3.8) is 0 Å². The number of aromatic hydroxyl groups is 1. The van der Waals surface area contributed by atoms with Crippen LogP contribution in [0.3, 0.4) is 0 Å². The summed E-state index contributed by atoms with van der Waals surface area (Å²) in [5.74, 6) is 4.04. The van der Waals surface area contributed by atoms with Crippen LogP contribution in [-0.4, -0.2) is 5.11 Å². The number of anilines is 1. The monoisotopic (exact) mass is 411 g/mol. The van der Waals surface area contributed by atoms with Crippen LogP contribution in [-0.2, 0) is 5.41 Å². The molecule has 158 valence electrons. The molecule has 4 aliphatic carbocycles. The van der Waals surface area contributed by atoms with Crippen LogP contribution in [0, 0.1) is 17.8 Å². The van der Waals surface area contributed by atoms with E-state index >= 15 is 0 Å². The van der Waals surface area contributed by atoms with Crippen LogP contribution < -0.4 is 10.5 Å². The molecule has 4 fully saturated rings. The quantitative estimate of drug-likeness (QED) is 0.362. The minimum Gasteiger partial charge on any atom is -0.506 e. The van der Waals surface area contributed by atoms with E-state index in [0.29, 0.717) is 11.4 Å². The van der Waals surface area contributed by atoms with E-state index in [1.807, 2.05) is 36.4 Å². The third kappa shape index (κ3) is 3.18. The zero-order valence-corrected chi connectivity index (χ0v) is 17.8. The van der Waals surface area contributed by atoms with Gasteiger partial charge in [0.1, 0.15) is 17.2 Å². The third-order valence-electron chi connectivity index (χ3n) is 7.94. The molecule has 4 saturated carbocycles. The van der Waals surface area contributed by atoms with Gasteiger partial charge in [0.15, 0.2) is 0 Å². The van der Waals surface area contributed by atoms with Crippen molar-refractivity contribution in [1.29, 1.82) is 0 Å². The highest BCUT2D eigenvalue weighted by Gasteiger charge is 2.52. The molecule has 0 unspecified atom stereocenters. The second-order valence-electron chi connectivity index (χ2n) is 10.1. The highest BCUT2D eigenvalue weighted by molar-refractivity contribution is 5.71. The minimum atomic E-state index is 0.106. The van der Waals surface area contributed by atoms with Crippen molar-refractivity contribution in [2.24, 2.45) is 17.8 Å². The first kappa shape index (κ1) is 18.8. The summed E-state index contributed by atoms with van der Waals surface area (Å²) in [6, 6.07) is 22.1. The van der Waals surface area contributed by atoms with Crippen LogP contribution in [0.25, 0.3) is 11.1 Å². The molecule has 0 amide bonds. The Hall–Kier alpha value is -2.94. The summed E-state index contributed by atoms with van der Waals surface area (Å²) in [5, 5.41) is 10.7. The molecule has 0 spiro atoms. The molecule has 4 aliphatic rings. The van der Waals surface area contributed by atoms with E-state index in [0.717, 1.165) is 40.2 Å². The molecule has 0 radical (unpaired) electrons.